The van der Waals surface area contributed by atoms with Gasteiger partial charge in [0, 0.05) is 17.3 Å². The first-order valence-corrected chi connectivity index (χ1v) is 14.1. The molecule has 0 saturated carbocycles. The zero-order chi connectivity index (χ0) is 34.4. The quantitative estimate of drug-likeness (QED) is 0.318. The van der Waals surface area contributed by atoms with Gasteiger partial charge in [0.15, 0.2) is 11.6 Å². The summed E-state index contributed by atoms with van der Waals surface area (Å²) >= 11 is 0. The number of hydrogen-bond donors (Lipinski definition) is 3. The van der Waals surface area contributed by atoms with Gasteiger partial charge in [0.2, 0.25) is 5.89 Å². The highest BCUT2D eigenvalue weighted by Gasteiger charge is 2.39. The van der Waals surface area contributed by atoms with Crippen LogP contribution in [0.2, 0.25) is 0 Å². The number of benzene rings is 1. The number of rotatable bonds is 5. The topological polar surface area (TPSA) is 156 Å². The largest absolute Gasteiger partial charge is 0.494 e. The Kier molecular flexibility index (Phi) is 11.9. The minimum absolute atomic E-state index is 0.122. The zero-order valence-corrected chi connectivity index (χ0v) is 25.0. The maximum absolute atomic E-state index is 15.2. The number of piperidine rings is 2. The maximum Gasteiger partial charge on any atom is 0.490 e. The molecule has 3 N–H and O–H groups in total. The van der Waals surface area contributed by atoms with Gasteiger partial charge in [0.25, 0.3) is 5.95 Å². The molecule has 0 atom stereocenters. The molecule has 2 fully saturated rings. The predicted octanol–water partition coefficient (Wildman–Crippen LogP) is 4.88. The summed E-state index contributed by atoms with van der Waals surface area (Å²) in [5.74, 6) is -4.58. The van der Waals surface area contributed by atoms with Crippen LogP contribution in [0.4, 0.5) is 30.7 Å². The number of carboxylic acids is 2. The van der Waals surface area contributed by atoms with Crippen LogP contribution < -0.4 is 10.1 Å². The fourth-order valence-corrected chi connectivity index (χ4v) is 5.06. The molecule has 1 aromatic carbocycles. The van der Waals surface area contributed by atoms with Gasteiger partial charge in [0.05, 0.1) is 12.8 Å². The number of hydrogen-bond acceptors (Lipinski definition) is 9. The lowest BCUT2D eigenvalue weighted by atomic mass is 9.94. The van der Waals surface area contributed by atoms with Crippen molar-refractivity contribution in [1.29, 1.82) is 0 Å². The van der Waals surface area contributed by atoms with Crippen LogP contribution in [0.1, 0.15) is 63.0 Å². The number of likely N-dealkylation sites (tertiary alicyclic amines) is 1. The van der Waals surface area contributed by atoms with Crippen molar-refractivity contribution in [1.82, 2.24) is 30.1 Å². The van der Waals surface area contributed by atoms with Crippen molar-refractivity contribution in [2.24, 2.45) is 0 Å². The molecular formula is C27H33F7N6O6. The number of aliphatic carboxylic acids is 2. The summed E-state index contributed by atoms with van der Waals surface area (Å²) in [6, 6.07) is 4.15. The van der Waals surface area contributed by atoms with E-state index in [1.165, 1.54) is 24.6 Å². The highest BCUT2D eigenvalue weighted by molar-refractivity contribution is 5.85. The molecule has 4 heterocycles. The first-order chi connectivity index (χ1) is 21.4. The second kappa shape index (κ2) is 15.1. The molecule has 0 unspecified atom stereocenters. The van der Waals surface area contributed by atoms with Crippen LogP contribution in [0.5, 0.6) is 5.75 Å². The number of aromatic nitrogens is 4. The first kappa shape index (κ1) is 36.5. The van der Waals surface area contributed by atoms with Gasteiger partial charge in [0.1, 0.15) is 5.52 Å². The van der Waals surface area contributed by atoms with E-state index in [-0.39, 0.29) is 23.5 Å². The molecule has 0 amide bonds. The van der Waals surface area contributed by atoms with Crippen molar-refractivity contribution < 1.29 is 59.8 Å². The maximum atomic E-state index is 15.2. The number of alkyl halides is 6. The standard InChI is InChI=1S/C23H31FN6O2.2C2HF3O2/c1-14(2)20-17-4-5-18(31-3)19(24)21(17)30(27-20)23-26-22(32-28-23)15-8-12-29(13-9-15)16-6-10-25-11-7-16;2*3-2(4,5)1(6)7/h4-5,14-16,25H,6-13H2,1-3H3;2*(H,6,7). The predicted molar refractivity (Wildman–Crippen MR) is 146 cm³/mol. The summed E-state index contributed by atoms with van der Waals surface area (Å²) in [4.78, 5) is 25.0. The third-order valence-corrected chi connectivity index (χ3v) is 7.35. The molecule has 0 radical (unpaired) electrons. The monoisotopic (exact) mass is 670 g/mol. The van der Waals surface area contributed by atoms with E-state index < -0.39 is 30.1 Å². The fraction of sp³-hybridized carbons (Fsp3) is 0.593. The normalized spacial score (nSPS) is 16.8. The van der Waals surface area contributed by atoms with Crippen LogP contribution in [0.3, 0.4) is 0 Å². The van der Waals surface area contributed by atoms with Gasteiger partial charge >= 0.3 is 24.3 Å². The number of nitrogens with zero attached hydrogens (tertiary/aromatic N) is 5. The second-order valence-corrected chi connectivity index (χ2v) is 10.8. The Morgan fingerprint density at radius 2 is 1.54 bits per heavy atom. The van der Waals surface area contributed by atoms with Crippen molar-refractivity contribution in [2.45, 2.75) is 69.8 Å². The van der Waals surface area contributed by atoms with E-state index in [1.54, 1.807) is 6.07 Å². The number of halogens is 7. The molecule has 3 aromatic rings. The van der Waals surface area contributed by atoms with Gasteiger partial charge in [-0.1, -0.05) is 13.8 Å². The third kappa shape index (κ3) is 9.05. The molecular weight excluding hydrogens is 637 g/mol. The number of carbonyl (C=O) groups is 2. The molecule has 0 spiro atoms. The Hall–Kier alpha value is -4.00. The molecule has 2 aliphatic heterocycles. The molecule has 2 aromatic heterocycles. The van der Waals surface area contributed by atoms with Gasteiger partial charge in [-0.15, -0.1) is 0 Å². The fourth-order valence-electron chi connectivity index (χ4n) is 5.06. The van der Waals surface area contributed by atoms with Gasteiger partial charge < -0.3 is 29.7 Å². The first-order valence-electron chi connectivity index (χ1n) is 14.1. The molecule has 256 valence electrons. The van der Waals surface area contributed by atoms with Gasteiger partial charge in [-0.25, -0.2) is 14.0 Å². The van der Waals surface area contributed by atoms with Gasteiger partial charge in [-0.05, 0) is 75.1 Å². The van der Waals surface area contributed by atoms with E-state index in [0.717, 1.165) is 50.1 Å². The minimum Gasteiger partial charge on any atom is -0.494 e. The summed E-state index contributed by atoms with van der Waals surface area (Å²) in [6.07, 6.45) is -5.75. The smallest absolute Gasteiger partial charge is 0.490 e. The van der Waals surface area contributed by atoms with Crippen LogP contribution in [0.15, 0.2) is 16.7 Å². The summed E-state index contributed by atoms with van der Waals surface area (Å²) in [6.45, 7) is 8.37. The lowest BCUT2D eigenvalue weighted by Gasteiger charge is -2.38. The Labute approximate surface area is 257 Å². The van der Waals surface area contributed by atoms with Crippen molar-refractivity contribution >= 4 is 22.8 Å². The summed E-state index contributed by atoms with van der Waals surface area (Å²) < 4.78 is 91.0. The van der Waals surface area contributed by atoms with Crippen LogP contribution >= 0.6 is 0 Å². The molecule has 2 aliphatic rings. The highest BCUT2D eigenvalue weighted by Crippen LogP contribution is 2.34. The summed E-state index contributed by atoms with van der Waals surface area (Å²) in [5, 5.41) is 27.2. The van der Waals surface area contributed by atoms with Gasteiger partial charge in [-0.2, -0.15) is 41.1 Å². The van der Waals surface area contributed by atoms with Gasteiger partial charge in [-0.3, -0.25) is 0 Å². The van der Waals surface area contributed by atoms with Crippen LogP contribution in [-0.4, -0.2) is 98.7 Å². The average molecular weight is 671 g/mol. The van der Waals surface area contributed by atoms with Crippen LogP contribution in [-0.2, 0) is 9.59 Å². The van der Waals surface area contributed by atoms with Crippen molar-refractivity contribution in [2.75, 3.05) is 33.3 Å². The molecule has 2 saturated heterocycles. The Morgan fingerprint density at radius 3 is 2.02 bits per heavy atom. The average Bonchev–Trinajstić information content (AvgIpc) is 3.64. The van der Waals surface area contributed by atoms with E-state index in [9.17, 15) is 26.3 Å². The summed E-state index contributed by atoms with van der Waals surface area (Å²) in [5.41, 5.74) is 1.12. The van der Waals surface area contributed by atoms with E-state index in [2.05, 4.69) is 25.5 Å². The van der Waals surface area contributed by atoms with Crippen molar-refractivity contribution in [3.8, 4) is 11.7 Å². The molecule has 12 nitrogen and oxygen atoms in total. The molecule has 46 heavy (non-hydrogen) atoms. The summed E-state index contributed by atoms with van der Waals surface area (Å²) in [7, 11) is 1.46. The number of fused-ring (bicyclic) bond motifs is 1. The Balaban J connectivity index is 0.000000345. The Morgan fingerprint density at radius 1 is 1.00 bits per heavy atom. The second-order valence-electron chi connectivity index (χ2n) is 10.8. The van der Waals surface area contributed by atoms with E-state index in [0.29, 0.717) is 17.4 Å². The Bertz CT molecular complexity index is 1450. The lowest BCUT2D eigenvalue weighted by molar-refractivity contribution is -0.193. The van der Waals surface area contributed by atoms with Crippen molar-refractivity contribution in [3.05, 3.63) is 29.5 Å². The van der Waals surface area contributed by atoms with E-state index in [4.69, 9.17) is 29.1 Å². The SMILES string of the molecule is COc1ccc2c(C(C)C)nn(-c3noc(C4CCN(C5CCNCC5)CC4)n3)c2c1F.O=C(O)C(F)(F)F.O=C(O)C(F)(F)F. The van der Waals surface area contributed by atoms with E-state index >= 15 is 4.39 Å². The molecule has 0 bridgehead atoms. The molecule has 0 aliphatic carbocycles. The van der Waals surface area contributed by atoms with Crippen LogP contribution in [0, 0.1) is 5.82 Å². The molecule has 19 heteroatoms. The number of ether oxygens (including phenoxy) is 1. The number of nitrogens with one attached hydrogen (secondary N) is 1. The van der Waals surface area contributed by atoms with Crippen molar-refractivity contribution in [3.63, 3.8) is 0 Å². The number of methoxy groups -OCH3 is 1. The van der Waals surface area contributed by atoms with Crippen LogP contribution in [0.25, 0.3) is 16.9 Å². The zero-order valence-electron chi connectivity index (χ0n) is 25.0. The highest BCUT2D eigenvalue weighted by atomic mass is 19.4. The minimum atomic E-state index is -5.08. The third-order valence-electron chi connectivity index (χ3n) is 7.35. The lowest BCUT2D eigenvalue weighted by Crippen LogP contribution is -2.46. The van der Waals surface area contributed by atoms with E-state index in [1.807, 2.05) is 19.9 Å². The molecule has 5 rings (SSSR count). The number of carboxylic acid groups (broad SMARTS) is 2.